The zero-order valence-corrected chi connectivity index (χ0v) is 12.2. The Morgan fingerprint density at radius 1 is 1.56 bits per heavy atom. The van der Waals surface area contributed by atoms with E-state index in [1.165, 1.54) is 0 Å². The standard InChI is InChI=1S/C12H15BrN2O3/c1-12(2,3)18-11(16)15-4-5-17-10-9(15)6-8(13)7-14-10/h6-7H,4-5H2,1-3H3. The molecule has 0 atom stereocenters. The quantitative estimate of drug-likeness (QED) is 0.738. The molecule has 0 saturated carbocycles. The van der Waals surface area contributed by atoms with Crippen LogP contribution in [0.2, 0.25) is 0 Å². The lowest BCUT2D eigenvalue weighted by atomic mass is 10.2. The molecule has 6 heteroatoms. The van der Waals surface area contributed by atoms with Crippen LogP contribution in [0.15, 0.2) is 16.7 Å². The largest absolute Gasteiger partial charge is 0.474 e. The van der Waals surface area contributed by atoms with E-state index < -0.39 is 5.60 Å². The molecular weight excluding hydrogens is 300 g/mol. The Morgan fingerprint density at radius 2 is 2.28 bits per heavy atom. The van der Waals surface area contributed by atoms with Gasteiger partial charge in [-0.2, -0.15) is 0 Å². The van der Waals surface area contributed by atoms with Gasteiger partial charge in [-0.15, -0.1) is 0 Å². The van der Waals surface area contributed by atoms with E-state index in [1.54, 1.807) is 17.2 Å². The van der Waals surface area contributed by atoms with Crippen LogP contribution in [0, 0.1) is 0 Å². The predicted octanol–water partition coefficient (Wildman–Crippen LogP) is 2.98. The van der Waals surface area contributed by atoms with E-state index in [1.807, 2.05) is 20.8 Å². The molecule has 0 fully saturated rings. The molecule has 1 aromatic heterocycles. The van der Waals surface area contributed by atoms with Crippen molar-refractivity contribution in [1.82, 2.24) is 4.98 Å². The van der Waals surface area contributed by atoms with Crippen molar-refractivity contribution in [3.05, 3.63) is 16.7 Å². The summed E-state index contributed by atoms with van der Waals surface area (Å²) in [4.78, 5) is 17.8. The third-order valence-electron chi connectivity index (χ3n) is 2.26. The lowest BCUT2D eigenvalue weighted by Crippen LogP contribution is -2.41. The number of fused-ring (bicyclic) bond motifs is 1. The molecule has 0 radical (unpaired) electrons. The summed E-state index contributed by atoms with van der Waals surface area (Å²) in [6.45, 7) is 6.39. The number of carbonyl (C=O) groups excluding carboxylic acids is 1. The van der Waals surface area contributed by atoms with Gasteiger partial charge in [-0.25, -0.2) is 9.78 Å². The van der Waals surface area contributed by atoms with Crippen LogP contribution in [0.5, 0.6) is 5.88 Å². The third-order valence-corrected chi connectivity index (χ3v) is 2.69. The summed E-state index contributed by atoms with van der Waals surface area (Å²) < 4.78 is 11.6. The van der Waals surface area contributed by atoms with Gasteiger partial charge < -0.3 is 9.47 Å². The lowest BCUT2D eigenvalue weighted by molar-refractivity contribution is 0.0566. The monoisotopic (exact) mass is 314 g/mol. The number of pyridine rings is 1. The first kappa shape index (κ1) is 13.1. The molecule has 0 saturated heterocycles. The molecular formula is C12H15BrN2O3. The molecule has 2 heterocycles. The number of hydrogen-bond donors (Lipinski definition) is 0. The molecule has 1 amide bonds. The van der Waals surface area contributed by atoms with Crippen LogP contribution in [-0.4, -0.2) is 29.8 Å². The van der Waals surface area contributed by atoms with Crippen molar-refractivity contribution in [3.63, 3.8) is 0 Å². The van der Waals surface area contributed by atoms with Crippen LogP contribution in [0.4, 0.5) is 10.5 Å². The van der Waals surface area contributed by atoms with Gasteiger partial charge in [0.2, 0.25) is 5.88 Å². The van der Waals surface area contributed by atoms with Gasteiger partial charge in [-0.3, -0.25) is 4.90 Å². The Labute approximate surface area is 114 Å². The molecule has 0 spiro atoms. The Balaban J connectivity index is 2.27. The van der Waals surface area contributed by atoms with Crippen molar-refractivity contribution >= 4 is 27.7 Å². The van der Waals surface area contributed by atoms with E-state index >= 15 is 0 Å². The van der Waals surface area contributed by atoms with Crippen LogP contribution >= 0.6 is 15.9 Å². The molecule has 0 unspecified atom stereocenters. The number of carbonyl (C=O) groups is 1. The second-order valence-corrected chi connectivity index (χ2v) is 5.87. The van der Waals surface area contributed by atoms with E-state index in [0.29, 0.717) is 24.7 Å². The fourth-order valence-electron chi connectivity index (χ4n) is 1.58. The van der Waals surface area contributed by atoms with Crippen LogP contribution < -0.4 is 9.64 Å². The third kappa shape index (κ3) is 2.93. The van der Waals surface area contributed by atoms with Gasteiger partial charge >= 0.3 is 6.09 Å². The minimum Gasteiger partial charge on any atom is -0.474 e. The molecule has 1 aliphatic rings. The maximum absolute atomic E-state index is 12.1. The van der Waals surface area contributed by atoms with E-state index in [-0.39, 0.29) is 6.09 Å². The smallest absolute Gasteiger partial charge is 0.415 e. The van der Waals surface area contributed by atoms with Gasteiger partial charge in [-0.05, 0) is 42.8 Å². The van der Waals surface area contributed by atoms with Gasteiger partial charge in [-0.1, -0.05) is 0 Å². The van der Waals surface area contributed by atoms with Gasteiger partial charge in [0.05, 0.1) is 6.54 Å². The van der Waals surface area contributed by atoms with E-state index in [9.17, 15) is 4.79 Å². The summed E-state index contributed by atoms with van der Waals surface area (Å²) >= 11 is 3.33. The summed E-state index contributed by atoms with van der Waals surface area (Å²) in [5.41, 5.74) is 0.111. The summed E-state index contributed by atoms with van der Waals surface area (Å²) in [6, 6.07) is 1.80. The Hall–Kier alpha value is -1.30. The fraction of sp³-hybridized carbons (Fsp3) is 0.500. The first-order valence-electron chi connectivity index (χ1n) is 5.66. The molecule has 18 heavy (non-hydrogen) atoms. The number of nitrogens with zero attached hydrogens (tertiary/aromatic N) is 2. The number of aromatic nitrogens is 1. The summed E-state index contributed by atoms with van der Waals surface area (Å²) in [7, 11) is 0. The van der Waals surface area contributed by atoms with Gasteiger partial charge in [0.25, 0.3) is 0 Å². The zero-order chi connectivity index (χ0) is 13.3. The SMILES string of the molecule is CC(C)(C)OC(=O)N1CCOc2ncc(Br)cc21. The maximum atomic E-state index is 12.1. The van der Waals surface area contributed by atoms with Crippen LogP contribution in [-0.2, 0) is 4.74 Å². The Bertz CT molecular complexity index is 471. The minimum absolute atomic E-state index is 0.382. The van der Waals surface area contributed by atoms with Crippen molar-refractivity contribution in [3.8, 4) is 5.88 Å². The molecule has 1 aliphatic heterocycles. The lowest BCUT2D eigenvalue weighted by Gasteiger charge is -2.30. The molecule has 0 bridgehead atoms. The van der Waals surface area contributed by atoms with Crippen molar-refractivity contribution in [2.24, 2.45) is 0 Å². The normalized spacial score (nSPS) is 14.8. The minimum atomic E-state index is -0.519. The topological polar surface area (TPSA) is 51.7 Å². The molecule has 2 rings (SSSR count). The Kier molecular flexibility index (Phi) is 3.47. The number of rotatable bonds is 0. The highest BCUT2D eigenvalue weighted by Crippen LogP contribution is 2.32. The average Bonchev–Trinajstić information content (AvgIpc) is 2.25. The zero-order valence-electron chi connectivity index (χ0n) is 10.6. The van der Waals surface area contributed by atoms with Crippen LogP contribution in [0.3, 0.4) is 0 Å². The highest BCUT2D eigenvalue weighted by atomic mass is 79.9. The van der Waals surface area contributed by atoms with Crippen LogP contribution in [0.25, 0.3) is 0 Å². The van der Waals surface area contributed by atoms with E-state index in [0.717, 1.165) is 4.47 Å². The number of hydrogen-bond acceptors (Lipinski definition) is 4. The molecule has 0 aromatic carbocycles. The summed E-state index contributed by atoms with van der Waals surface area (Å²) in [5.74, 6) is 0.454. The number of amides is 1. The molecule has 5 nitrogen and oxygen atoms in total. The van der Waals surface area contributed by atoms with E-state index in [2.05, 4.69) is 20.9 Å². The molecule has 0 aliphatic carbocycles. The van der Waals surface area contributed by atoms with Gasteiger partial charge in [0.1, 0.15) is 17.9 Å². The fourth-order valence-corrected chi connectivity index (χ4v) is 1.90. The molecule has 98 valence electrons. The number of anilines is 1. The highest BCUT2D eigenvalue weighted by molar-refractivity contribution is 9.10. The second-order valence-electron chi connectivity index (χ2n) is 4.96. The molecule has 1 aromatic rings. The average molecular weight is 315 g/mol. The number of ether oxygens (including phenoxy) is 2. The van der Waals surface area contributed by atoms with Crippen molar-refractivity contribution in [1.29, 1.82) is 0 Å². The summed E-state index contributed by atoms with van der Waals surface area (Å²) in [5, 5.41) is 0. The number of halogens is 1. The van der Waals surface area contributed by atoms with Gasteiger partial charge in [0, 0.05) is 10.7 Å². The second kappa shape index (κ2) is 4.76. The molecule has 0 N–H and O–H groups in total. The van der Waals surface area contributed by atoms with Crippen LogP contribution in [0.1, 0.15) is 20.8 Å². The Morgan fingerprint density at radius 3 is 2.94 bits per heavy atom. The van der Waals surface area contributed by atoms with Crippen molar-refractivity contribution in [2.75, 3.05) is 18.1 Å². The highest BCUT2D eigenvalue weighted by Gasteiger charge is 2.29. The first-order chi connectivity index (χ1) is 8.37. The summed E-state index contributed by atoms with van der Waals surface area (Å²) in [6.07, 6.45) is 1.25. The van der Waals surface area contributed by atoms with Crippen molar-refractivity contribution < 1.29 is 14.3 Å². The van der Waals surface area contributed by atoms with Crippen molar-refractivity contribution in [2.45, 2.75) is 26.4 Å². The predicted molar refractivity (Wildman–Crippen MR) is 71.0 cm³/mol. The van der Waals surface area contributed by atoms with E-state index in [4.69, 9.17) is 9.47 Å². The maximum Gasteiger partial charge on any atom is 0.415 e. The van der Waals surface area contributed by atoms with Gasteiger partial charge in [0.15, 0.2) is 0 Å². The first-order valence-corrected chi connectivity index (χ1v) is 6.45.